The van der Waals surface area contributed by atoms with Crippen molar-refractivity contribution in [3.05, 3.63) is 64.7 Å². The van der Waals surface area contributed by atoms with Crippen LogP contribution >= 0.6 is 11.6 Å². The van der Waals surface area contributed by atoms with Crippen LogP contribution in [0.3, 0.4) is 0 Å². The molecule has 17 heavy (non-hydrogen) atoms. The maximum absolute atomic E-state index is 5.95. The molecule has 0 unspecified atom stereocenters. The van der Waals surface area contributed by atoms with Gasteiger partial charge in [0.1, 0.15) is 5.84 Å². The molecule has 2 aromatic carbocycles. The average molecular weight is 245 g/mol. The summed E-state index contributed by atoms with van der Waals surface area (Å²) in [6.07, 6.45) is 0. The Morgan fingerprint density at radius 2 is 1.82 bits per heavy atom. The standard InChI is InChI=1S/C14H13ClN2/c1-10-7-8-12(15)9-13(10)17-14(16)11-5-3-2-4-6-11/h2-9H,1H3,(H2,16,17). The smallest absolute Gasteiger partial charge is 0.131 e. The van der Waals surface area contributed by atoms with E-state index in [1.807, 2.05) is 55.5 Å². The summed E-state index contributed by atoms with van der Waals surface area (Å²) in [5.41, 5.74) is 8.72. The van der Waals surface area contributed by atoms with Crippen LogP contribution in [0.1, 0.15) is 11.1 Å². The minimum atomic E-state index is 0.496. The van der Waals surface area contributed by atoms with Crippen LogP contribution in [0.4, 0.5) is 5.69 Å². The summed E-state index contributed by atoms with van der Waals surface area (Å²) < 4.78 is 0. The van der Waals surface area contributed by atoms with Gasteiger partial charge >= 0.3 is 0 Å². The van der Waals surface area contributed by atoms with E-state index in [9.17, 15) is 0 Å². The van der Waals surface area contributed by atoms with Gasteiger partial charge in [-0.3, -0.25) is 0 Å². The van der Waals surface area contributed by atoms with Gasteiger partial charge in [0.05, 0.1) is 5.69 Å². The van der Waals surface area contributed by atoms with Gasteiger partial charge in [0.15, 0.2) is 0 Å². The summed E-state index contributed by atoms with van der Waals surface area (Å²) in [5, 5.41) is 0.662. The number of nitrogens with two attached hydrogens (primary N) is 1. The molecule has 0 radical (unpaired) electrons. The Kier molecular flexibility index (Phi) is 3.45. The van der Waals surface area contributed by atoms with Gasteiger partial charge in [0.25, 0.3) is 0 Å². The topological polar surface area (TPSA) is 38.4 Å². The fourth-order valence-corrected chi connectivity index (χ4v) is 1.67. The van der Waals surface area contributed by atoms with E-state index in [0.29, 0.717) is 10.9 Å². The highest BCUT2D eigenvalue weighted by molar-refractivity contribution is 6.30. The van der Waals surface area contributed by atoms with Crippen LogP contribution < -0.4 is 5.73 Å². The second kappa shape index (κ2) is 5.02. The van der Waals surface area contributed by atoms with E-state index in [0.717, 1.165) is 16.8 Å². The second-order valence-electron chi connectivity index (χ2n) is 3.79. The number of nitrogens with zero attached hydrogens (tertiary/aromatic N) is 1. The number of aryl methyl sites for hydroxylation is 1. The Morgan fingerprint density at radius 3 is 2.53 bits per heavy atom. The number of halogens is 1. The predicted octanol–water partition coefficient (Wildman–Crippen LogP) is 3.69. The molecular formula is C14H13ClN2. The van der Waals surface area contributed by atoms with Crippen molar-refractivity contribution >= 4 is 23.1 Å². The number of rotatable bonds is 2. The van der Waals surface area contributed by atoms with E-state index < -0.39 is 0 Å². The molecule has 0 aliphatic carbocycles. The third-order valence-corrected chi connectivity index (χ3v) is 2.72. The van der Waals surface area contributed by atoms with Gasteiger partial charge in [-0.15, -0.1) is 0 Å². The lowest BCUT2D eigenvalue weighted by atomic mass is 10.2. The van der Waals surface area contributed by atoms with Crippen molar-refractivity contribution in [2.45, 2.75) is 6.92 Å². The minimum Gasteiger partial charge on any atom is -0.383 e. The van der Waals surface area contributed by atoms with Crippen LogP contribution in [-0.4, -0.2) is 5.84 Å². The molecule has 3 heteroatoms. The molecule has 2 rings (SSSR count). The van der Waals surface area contributed by atoms with E-state index in [-0.39, 0.29) is 0 Å². The Hall–Kier alpha value is -1.80. The minimum absolute atomic E-state index is 0.496. The first-order chi connectivity index (χ1) is 8.16. The van der Waals surface area contributed by atoms with Crippen LogP contribution in [0.2, 0.25) is 5.02 Å². The van der Waals surface area contributed by atoms with E-state index in [4.69, 9.17) is 17.3 Å². The van der Waals surface area contributed by atoms with Crippen molar-refractivity contribution in [1.29, 1.82) is 0 Å². The lowest BCUT2D eigenvalue weighted by molar-refractivity contribution is 1.37. The van der Waals surface area contributed by atoms with Gasteiger partial charge in [-0.1, -0.05) is 48.0 Å². The Bertz CT molecular complexity index is 547. The van der Waals surface area contributed by atoms with E-state index >= 15 is 0 Å². The molecule has 86 valence electrons. The number of hydrogen-bond donors (Lipinski definition) is 1. The van der Waals surface area contributed by atoms with Crippen molar-refractivity contribution in [3.8, 4) is 0 Å². The summed E-state index contributed by atoms with van der Waals surface area (Å²) >= 11 is 5.94. The Balaban J connectivity index is 2.39. The van der Waals surface area contributed by atoms with E-state index in [2.05, 4.69) is 4.99 Å². The molecule has 0 saturated carbocycles. The molecule has 2 N–H and O–H groups in total. The van der Waals surface area contributed by atoms with Crippen LogP contribution in [0.15, 0.2) is 53.5 Å². The van der Waals surface area contributed by atoms with Crippen molar-refractivity contribution in [2.24, 2.45) is 10.7 Å². The second-order valence-corrected chi connectivity index (χ2v) is 4.23. The third-order valence-electron chi connectivity index (χ3n) is 2.48. The fraction of sp³-hybridized carbons (Fsp3) is 0.0714. The first-order valence-electron chi connectivity index (χ1n) is 5.32. The Morgan fingerprint density at radius 1 is 1.12 bits per heavy atom. The van der Waals surface area contributed by atoms with Gasteiger partial charge in [0, 0.05) is 10.6 Å². The first kappa shape index (κ1) is 11.7. The van der Waals surface area contributed by atoms with Gasteiger partial charge in [0.2, 0.25) is 0 Å². The molecule has 2 aromatic rings. The lowest BCUT2D eigenvalue weighted by Gasteiger charge is -2.04. The average Bonchev–Trinajstić information content (AvgIpc) is 2.35. The normalized spacial score (nSPS) is 11.5. The molecule has 0 bridgehead atoms. The number of benzene rings is 2. The maximum Gasteiger partial charge on any atom is 0.131 e. The van der Waals surface area contributed by atoms with Crippen LogP contribution in [0.5, 0.6) is 0 Å². The summed E-state index contributed by atoms with van der Waals surface area (Å²) in [7, 11) is 0. The molecule has 0 atom stereocenters. The zero-order chi connectivity index (χ0) is 12.3. The summed E-state index contributed by atoms with van der Waals surface area (Å²) in [4.78, 5) is 4.40. The molecule has 0 heterocycles. The molecule has 0 amide bonds. The van der Waals surface area contributed by atoms with Crippen molar-refractivity contribution < 1.29 is 0 Å². The Labute approximate surface area is 106 Å². The van der Waals surface area contributed by atoms with Gasteiger partial charge in [-0.05, 0) is 24.6 Å². The zero-order valence-corrected chi connectivity index (χ0v) is 10.3. The van der Waals surface area contributed by atoms with Crippen molar-refractivity contribution in [3.63, 3.8) is 0 Å². The number of hydrogen-bond acceptors (Lipinski definition) is 1. The monoisotopic (exact) mass is 244 g/mol. The first-order valence-corrected chi connectivity index (χ1v) is 5.70. The highest BCUT2D eigenvalue weighted by Crippen LogP contribution is 2.23. The SMILES string of the molecule is Cc1ccc(Cl)cc1N=C(N)c1ccccc1. The molecular weight excluding hydrogens is 232 g/mol. The van der Waals surface area contributed by atoms with E-state index in [1.54, 1.807) is 0 Å². The fourth-order valence-electron chi connectivity index (χ4n) is 1.51. The van der Waals surface area contributed by atoms with Crippen LogP contribution in [-0.2, 0) is 0 Å². The highest BCUT2D eigenvalue weighted by Gasteiger charge is 2.01. The molecule has 0 fully saturated rings. The quantitative estimate of drug-likeness (QED) is 0.635. The summed E-state index contributed by atoms with van der Waals surface area (Å²) in [6, 6.07) is 15.3. The van der Waals surface area contributed by atoms with Crippen LogP contribution in [0.25, 0.3) is 0 Å². The summed E-state index contributed by atoms with van der Waals surface area (Å²) in [6.45, 7) is 1.98. The third kappa shape index (κ3) is 2.86. The number of aliphatic imine (C=N–C) groups is 1. The molecule has 0 saturated heterocycles. The molecule has 0 spiro atoms. The zero-order valence-electron chi connectivity index (χ0n) is 9.52. The van der Waals surface area contributed by atoms with Gasteiger partial charge in [-0.25, -0.2) is 4.99 Å². The molecule has 0 aliphatic heterocycles. The lowest BCUT2D eigenvalue weighted by Crippen LogP contribution is -2.12. The number of amidine groups is 1. The van der Waals surface area contributed by atoms with Gasteiger partial charge < -0.3 is 5.73 Å². The van der Waals surface area contributed by atoms with Crippen molar-refractivity contribution in [1.82, 2.24) is 0 Å². The molecule has 2 nitrogen and oxygen atoms in total. The van der Waals surface area contributed by atoms with E-state index in [1.165, 1.54) is 0 Å². The molecule has 0 aromatic heterocycles. The van der Waals surface area contributed by atoms with Gasteiger partial charge in [-0.2, -0.15) is 0 Å². The largest absolute Gasteiger partial charge is 0.383 e. The maximum atomic E-state index is 5.95. The van der Waals surface area contributed by atoms with Crippen LogP contribution in [0, 0.1) is 6.92 Å². The predicted molar refractivity (Wildman–Crippen MR) is 73.0 cm³/mol. The highest BCUT2D eigenvalue weighted by atomic mass is 35.5. The summed E-state index contributed by atoms with van der Waals surface area (Å²) in [5.74, 6) is 0.496. The van der Waals surface area contributed by atoms with Crippen molar-refractivity contribution in [2.75, 3.05) is 0 Å². The molecule has 0 aliphatic rings.